The maximum Gasteiger partial charge on any atom is 0.317 e. The van der Waals surface area contributed by atoms with Crippen molar-refractivity contribution in [3.8, 4) is 0 Å². The number of carbonyl (C=O) groups is 1. The minimum Gasteiger partial charge on any atom is -0.423 e. The second kappa shape index (κ2) is 5.19. The van der Waals surface area contributed by atoms with E-state index in [1.807, 2.05) is 23.1 Å². The lowest BCUT2D eigenvalue weighted by molar-refractivity contribution is 0.188. The summed E-state index contributed by atoms with van der Waals surface area (Å²) in [5, 5.41) is 2.88. The van der Waals surface area contributed by atoms with Crippen molar-refractivity contribution in [2.75, 3.05) is 31.1 Å². The van der Waals surface area contributed by atoms with Crippen molar-refractivity contribution in [1.29, 1.82) is 0 Å². The number of piperidine rings is 1. The number of anilines is 1. The van der Waals surface area contributed by atoms with Crippen molar-refractivity contribution < 1.29 is 9.21 Å². The molecule has 0 aliphatic carbocycles. The van der Waals surface area contributed by atoms with E-state index in [4.69, 9.17) is 4.42 Å². The summed E-state index contributed by atoms with van der Waals surface area (Å²) in [5.74, 6) is 0. The molecule has 1 aromatic carbocycles. The average molecular weight is 300 g/mol. The van der Waals surface area contributed by atoms with Crippen molar-refractivity contribution >= 4 is 23.1 Å². The first-order valence-corrected chi connectivity index (χ1v) is 7.87. The summed E-state index contributed by atoms with van der Waals surface area (Å²) < 4.78 is 5.90. The van der Waals surface area contributed by atoms with Gasteiger partial charge < -0.3 is 19.5 Å². The van der Waals surface area contributed by atoms with Crippen LogP contribution in [0.3, 0.4) is 0 Å². The van der Waals surface area contributed by atoms with Gasteiger partial charge in [-0.3, -0.25) is 0 Å². The average Bonchev–Trinajstić information content (AvgIpc) is 3.13. The molecule has 0 spiro atoms. The zero-order valence-corrected chi connectivity index (χ0v) is 12.7. The molecule has 6 heteroatoms. The Morgan fingerprint density at radius 3 is 3.09 bits per heavy atom. The van der Waals surface area contributed by atoms with E-state index < -0.39 is 0 Å². The van der Waals surface area contributed by atoms with Crippen molar-refractivity contribution in [3.05, 3.63) is 23.8 Å². The van der Waals surface area contributed by atoms with Gasteiger partial charge in [0.25, 0.3) is 6.01 Å². The second-order valence-electron chi connectivity index (χ2n) is 6.14. The molecule has 0 radical (unpaired) electrons. The number of hydrogen-bond acceptors (Lipinski definition) is 4. The summed E-state index contributed by atoms with van der Waals surface area (Å²) in [6, 6.07) is 7.01. The van der Waals surface area contributed by atoms with E-state index in [9.17, 15) is 4.79 Å². The van der Waals surface area contributed by atoms with Gasteiger partial charge in [-0.1, -0.05) is 6.07 Å². The second-order valence-corrected chi connectivity index (χ2v) is 6.14. The fourth-order valence-electron chi connectivity index (χ4n) is 3.38. The summed E-state index contributed by atoms with van der Waals surface area (Å²) in [6.07, 6.45) is 2.09. The van der Waals surface area contributed by atoms with Gasteiger partial charge in [0.1, 0.15) is 5.52 Å². The first kappa shape index (κ1) is 13.4. The number of aryl methyl sites for hydroxylation is 1. The van der Waals surface area contributed by atoms with Crippen LogP contribution in [0.15, 0.2) is 22.6 Å². The summed E-state index contributed by atoms with van der Waals surface area (Å²) in [5.41, 5.74) is 2.90. The molecule has 0 saturated carbocycles. The van der Waals surface area contributed by atoms with Gasteiger partial charge in [0.2, 0.25) is 0 Å². The minimum absolute atomic E-state index is 0.0556. The zero-order valence-electron chi connectivity index (χ0n) is 12.7. The number of oxazole rings is 1. The van der Waals surface area contributed by atoms with Gasteiger partial charge in [0.15, 0.2) is 5.58 Å². The lowest BCUT2D eigenvalue weighted by Crippen LogP contribution is -2.49. The fraction of sp³-hybridized carbons (Fsp3) is 0.500. The van der Waals surface area contributed by atoms with Gasteiger partial charge in [-0.15, -0.1) is 0 Å². The van der Waals surface area contributed by atoms with Crippen LogP contribution in [-0.2, 0) is 0 Å². The molecule has 116 valence electrons. The molecule has 22 heavy (non-hydrogen) atoms. The SMILES string of the molecule is Cc1ccc2oc(N3CCCC(N4CCNC4=O)C3)nc2c1. The van der Waals surface area contributed by atoms with Gasteiger partial charge in [-0.25, -0.2) is 4.79 Å². The molecular weight excluding hydrogens is 280 g/mol. The highest BCUT2D eigenvalue weighted by molar-refractivity contribution is 5.77. The van der Waals surface area contributed by atoms with Crippen molar-refractivity contribution in [2.24, 2.45) is 0 Å². The van der Waals surface area contributed by atoms with E-state index in [0.717, 1.165) is 50.1 Å². The smallest absolute Gasteiger partial charge is 0.317 e. The maximum atomic E-state index is 11.9. The molecule has 0 bridgehead atoms. The molecule has 2 aliphatic heterocycles. The van der Waals surface area contributed by atoms with Gasteiger partial charge in [0.05, 0.1) is 6.04 Å². The van der Waals surface area contributed by atoms with Crippen LogP contribution >= 0.6 is 0 Å². The number of fused-ring (bicyclic) bond motifs is 1. The Morgan fingerprint density at radius 2 is 2.27 bits per heavy atom. The summed E-state index contributed by atoms with van der Waals surface area (Å²) >= 11 is 0. The molecule has 2 aliphatic rings. The molecule has 1 unspecified atom stereocenters. The molecule has 6 nitrogen and oxygen atoms in total. The normalized spacial score (nSPS) is 22.4. The number of nitrogens with zero attached hydrogens (tertiary/aromatic N) is 3. The Bertz CT molecular complexity index is 711. The quantitative estimate of drug-likeness (QED) is 0.923. The number of hydrogen-bond donors (Lipinski definition) is 1. The summed E-state index contributed by atoms with van der Waals surface area (Å²) in [4.78, 5) is 20.6. The minimum atomic E-state index is 0.0556. The largest absolute Gasteiger partial charge is 0.423 e. The van der Waals surface area contributed by atoms with Crippen LogP contribution in [0.5, 0.6) is 0 Å². The predicted molar refractivity (Wildman–Crippen MR) is 84.1 cm³/mol. The first-order valence-electron chi connectivity index (χ1n) is 7.87. The monoisotopic (exact) mass is 300 g/mol. The zero-order chi connectivity index (χ0) is 15.1. The molecule has 2 saturated heterocycles. The number of nitrogens with one attached hydrogen (secondary N) is 1. The number of carbonyl (C=O) groups excluding carboxylic acids is 1. The third-order valence-corrected chi connectivity index (χ3v) is 4.53. The van der Waals surface area contributed by atoms with Crippen molar-refractivity contribution in [2.45, 2.75) is 25.8 Å². The van der Waals surface area contributed by atoms with Gasteiger partial charge >= 0.3 is 6.03 Å². The maximum absolute atomic E-state index is 11.9. The molecule has 4 rings (SSSR count). The Hall–Kier alpha value is -2.24. The number of benzene rings is 1. The Balaban J connectivity index is 1.56. The highest BCUT2D eigenvalue weighted by Crippen LogP contribution is 2.26. The molecule has 3 heterocycles. The van der Waals surface area contributed by atoms with Crippen LogP contribution in [0.25, 0.3) is 11.1 Å². The Labute approximate surface area is 129 Å². The molecule has 2 aromatic rings. The lowest BCUT2D eigenvalue weighted by Gasteiger charge is -2.36. The van der Waals surface area contributed by atoms with Crippen molar-refractivity contribution in [3.63, 3.8) is 0 Å². The first-order chi connectivity index (χ1) is 10.7. The topological polar surface area (TPSA) is 61.6 Å². The molecule has 1 aromatic heterocycles. The van der Waals surface area contributed by atoms with Crippen LogP contribution in [-0.4, -0.2) is 48.1 Å². The fourth-order valence-corrected chi connectivity index (χ4v) is 3.38. The Morgan fingerprint density at radius 1 is 1.36 bits per heavy atom. The summed E-state index contributed by atoms with van der Waals surface area (Å²) in [6.45, 7) is 5.31. The highest BCUT2D eigenvalue weighted by atomic mass is 16.4. The third kappa shape index (κ3) is 2.28. The number of urea groups is 1. The van der Waals surface area contributed by atoms with Crippen LogP contribution in [0, 0.1) is 6.92 Å². The number of rotatable bonds is 2. The van der Waals surface area contributed by atoms with Crippen molar-refractivity contribution in [1.82, 2.24) is 15.2 Å². The van der Waals surface area contributed by atoms with E-state index in [1.165, 1.54) is 5.56 Å². The standard InChI is InChI=1S/C16H20N4O2/c1-11-4-5-14-13(9-11)18-16(22-14)19-7-2-3-12(10-19)20-8-6-17-15(20)21/h4-5,9,12H,2-3,6-8,10H2,1H3,(H,17,21). The van der Waals surface area contributed by atoms with E-state index in [1.54, 1.807) is 0 Å². The van der Waals surface area contributed by atoms with Gasteiger partial charge in [-0.2, -0.15) is 4.98 Å². The molecule has 2 fully saturated rings. The predicted octanol–water partition coefficient (Wildman–Crippen LogP) is 2.13. The van der Waals surface area contributed by atoms with Crippen LogP contribution in [0.1, 0.15) is 18.4 Å². The number of amides is 2. The van der Waals surface area contributed by atoms with Crippen LogP contribution < -0.4 is 10.2 Å². The van der Waals surface area contributed by atoms with E-state index in [0.29, 0.717) is 6.01 Å². The Kier molecular flexibility index (Phi) is 3.17. The van der Waals surface area contributed by atoms with Gasteiger partial charge in [0, 0.05) is 26.2 Å². The molecule has 1 N–H and O–H groups in total. The van der Waals surface area contributed by atoms with E-state index in [-0.39, 0.29) is 12.1 Å². The third-order valence-electron chi connectivity index (χ3n) is 4.53. The molecule has 1 atom stereocenters. The summed E-state index contributed by atoms with van der Waals surface area (Å²) in [7, 11) is 0. The molecular formula is C16H20N4O2. The van der Waals surface area contributed by atoms with Crippen LogP contribution in [0.4, 0.5) is 10.8 Å². The van der Waals surface area contributed by atoms with E-state index >= 15 is 0 Å². The number of aromatic nitrogens is 1. The van der Waals surface area contributed by atoms with Gasteiger partial charge in [-0.05, 0) is 37.5 Å². The van der Waals surface area contributed by atoms with Crippen LogP contribution in [0.2, 0.25) is 0 Å². The highest BCUT2D eigenvalue weighted by Gasteiger charge is 2.32. The van der Waals surface area contributed by atoms with E-state index in [2.05, 4.69) is 22.1 Å². The molecule has 2 amide bonds. The lowest BCUT2D eigenvalue weighted by atomic mass is 10.1.